The van der Waals surface area contributed by atoms with Gasteiger partial charge in [-0.15, -0.1) is 0 Å². The molecule has 0 saturated heterocycles. The molecule has 2 heterocycles. The monoisotopic (exact) mass is 345 g/mol. The molecular formula is C19H15N5O2. The molecule has 0 unspecified atom stereocenters. The van der Waals surface area contributed by atoms with Crippen molar-refractivity contribution in [3.8, 4) is 28.5 Å². The number of carbonyl (C=O) groups is 1. The molecule has 7 heteroatoms. The molecule has 0 bridgehead atoms. The first-order valence-corrected chi connectivity index (χ1v) is 8.11. The van der Waals surface area contributed by atoms with Crippen LogP contribution in [-0.2, 0) is 12.8 Å². The van der Waals surface area contributed by atoms with Crippen molar-refractivity contribution >= 4 is 11.8 Å². The van der Waals surface area contributed by atoms with E-state index in [1.807, 2.05) is 13.0 Å². The fraction of sp³-hybridized carbons (Fsp3) is 0.158. The molecular weight excluding hydrogens is 330 g/mol. The number of aromatic nitrogens is 3. The molecule has 7 nitrogen and oxygen atoms in total. The topological polar surface area (TPSA) is 129 Å². The summed E-state index contributed by atoms with van der Waals surface area (Å²) in [4.78, 5) is 16.2. The molecule has 4 N–H and O–H groups in total. The van der Waals surface area contributed by atoms with E-state index >= 15 is 0 Å². The van der Waals surface area contributed by atoms with Gasteiger partial charge in [-0.1, -0.05) is 12.1 Å². The van der Waals surface area contributed by atoms with Crippen LogP contribution >= 0.6 is 0 Å². The first-order valence-electron chi connectivity index (χ1n) is 8.11. The van der Waals surface area contributed by atoms with E-state index in [2.05, 4.69) is 21.3 Å². The van der Waals surface area contributed by atoms with Crippen molar-refractivity contribution < 1.29 is 9.90 Å². The van der Waals surface area contributed by atoms with E-state index in [0.717, 1.165) is 22.4 Å². The zero-order chi connectivity index (χ0) is 18.4. The minimum atomic E-state index is -1.04. The van der Waals surface area contributed by atoms with Gasteiger partial charge in [0.15, 0.2) is 0 Å². The van der Waals surface area contributed by atoms with E-state index in [9.17, 15) is 15.2 Å². The Labute approximate surface area is 149 Å². The van der Waals surface area contributed by atoms with Crippen molar-refractivity contribution in [2.24, 2.45) is 0 Å². The van der Waals surface area contributed by atoms with Crippen LogP contribution in [0.5, 0.6) is 0 Å². The predicted molar refractivity (Wildman–Crippen MR) is 95.5 cm³/mol. The van der Waals surface area contributed by atoms with E-state index in [-0.39, 0.29) is 16.9 Å². The van der Waals surface area contributed by atoms with Crippen molar-refractivity contribution in [2.45, 2.75) is 19.8 Å². The zero-order valence-corrected chi connectivity index (χ0v) is 14.0. The summed E-state index contributed by atoms with van der Waals surface area (Å²) < 4.78 is 0. The molecule has 0 spiro atoms. The Kier molecular flexibility index (Phi) is 3.48. The summed E-state index contributed by atoms with van der Waals surface area (Å²) in [6.07, 6.45) is 3.01. The number of carboxylic acids is 1. The molecule has 0 radical (unpaired) electrons. The number of hydrogen-bond acceptors (Lipinski definition) is 5. The quantitative estimate of drug-likeness (QED) is 0.655. The Balaban J connectivity index is 2.15. The maximum Gasteiger partial charge on any atom is 0.336 e. The largest absolute Gasteiger partial charge is 0.478 e. The van der Waals surface area contributed by atoms with Crippen LogP contribution < -0.4 is 5.73 Å². The number of anilines is 1. The number of hydrogen-bond donors (Lipinski definition) is 3. The zero-order valence-electron chi connectivity index (χ0n) is 14.0. The fourth-order valence-electron chi connectivity index (χ4n) is 3.63. The first kappa shape index (κ1) is 15.8. The van der Waals surface area contributed by atoms with Gasteiger partial charge in [0, 0.05) is 22.4 Å². The summed E-state index contributed by atoms with van der Waals surface area (Å²) in [5.41, 5.74) is 11.6. The minimum Gasteiger partial charge on any atom is -0.478 e. The van der Waals surface area contributed by atoms with Gasteiger partial charge >= 0.3 is 5.97 Å². The highest BCUT2D eigenvalue weighted by Gasteiger charge is 2.29. The van der Waals surface area contributed by atoms with E-state index in [4.69, 9.17) is 5.73 Å². The summed E-state index contributed by atoms with van der Waals surface area (Å²) in [6, 6.07) is 7.19. The number of nitrogen functional groups attached to an aromatic ring is 1. The van der Waals surface area contributed by atoms with Crippen molar-refractivity contribution in [1.82, 2.24) is 15.2 Å². The first-order chi connectivity index (χ1) is 12.5. The second kappa shape index (κ2) is 5.70. The van der Waals surface area contributed by atoms with Crippen molar-refractivity contribution in [1.29, 1.82) is 5.26 Å². The summed E-state index contributed by atoms with van der Waals surface area (Å²) >= 11 is 0. The lowest BCUT2D eigenvalue weighted by Crippen LogP contribution is -2.13. The number of nitrogens with zero attached hydrogens (tertiary/aromatic N) is 3. The number of aromatic carboxylic acids is 1. The Morgan fingerprint density at radius 2 is 2.15 bits per heavy atom. The van der Waals surface area contributed by atoms with Crippen molar-refractivity contribution in [2.75, 3.05) is 5.73 Å². The smallest absolute Gasteiger partial charge is 0.336 e. The molecule has 0 fully saturated rings. The number of benzene rings is 1. The highest BCUT2D eigenvalue weighted by molar-refractivity contribution is 6.00. The molecule has 1 aromatic carbocycles. The highest BCUT2D eigenvalue weighted by atomic mass is 16.4. The number of fused-ring (bicyclic) bond motifs is 3. The number of rotatable bonds is 2. The van der Waals surface area contributed by atoms with Gasteiger partial charge in [0.2, 0.25) is 0 Å². The third-order valence-corrected chi connectivity index (χ3v) is 4.79. The van der Waals surface area contributed by atoms with Crippen LogP contribution in [0.25, 0.3) is 22.4 Å². The molecule has 0 saturated carbocycles. The van der Waals surface area contributed by atoms with Gasteiger partial charge in [0.25, 0.3) is 0 Å². The van der Waals surface area contributed by atoms with Gasteiger partial charge in [0.1, 0.15) is 17.5 Å². The number of aryl methyl sites for hydroxylation is 2. The highest BCUT2D eigenvalue weighted by Crippen LogP contribution is 2.42. The SMILES string of the molecule is Cc1cccc(C(=O)O)c1-c1c(C#N)c(N)nc2c1CCc1[nH]ncc1-2. The maximum absolute atomic E-state index is 11.8. The number of nitrogens with one attached hydrogen (secondary N) is 1. The van der Waals surface area contributed by atoms with Gasteiger partial charge in [-0.05, 0) is 37.0 Å². The molecule has 2 aromatic heterocycles. The number of aromatic amines is 1. The normalized spacial score (nSPS) is 12.2. The van der Waals surface area contributed by atoms with Crippen LogP contribution in [-0.4, -0.2) is 26.3 Å². The van der Waals surface area contributed by atoms with Gasteiger partial charge < -0.3 is 10.8 Å². The van der Waals surface area contributed by atoms with Crippen LogP contribution in [0.3, 0.4) is 0 Å². The number of carboxylic acid groups (broad SMARTS) is 1. The number of nitrogens with two attached hydrogens (primary N) is 1. The number of H-pyrrole nitrogens is 1. The van der Waals surface area contributed by atoms with Gasteiger partial charge in [0.05, 0.1) is 17.5 Å². The van der Waals surface area contributed by atoms with Gasteiger partial charge in [-0.2, -0.15) is 10.4 Å². The van der Waals surface area contributed by atoms with Crippen molar-refractivity contribution in [3.05, 3.63) is 52.3 Å². The standard InChI is InChI=1S/C19H15N5O2/c1-9-3-2-4-11(19(25)26)15(9)16-10-5-6-14-13(8-22-24-14)17(10)23-18(21)12(16)7-20/h2-4,8H,5-6H2,1H3,(H2,21,23)(H,22,24)(H,25,26). The van der Waals surface area contributed by atoms with Crippen LogP contribution in [0.15, 0.2) is 24.4 Å². The Bertz CT molecular complexity index is 1110. The summed E-state index contributed by atoms with van der Waals surface area (Å²) in [6.45, 7) is 1.83. The van der Waals surface area contributed by atoms with Crippen LogP contribution in [0.1, 0.15) is 32.7 Å². The lowest BCUT2D eigenvalue weighted by atomic mass is 9.83. The summed E-state index contributed by atoms with van der Waals surface area (Å²) in [7, 11) is 0. The Morgan fingerprint density at radius 3 is 2.88 bits per heavy atom. The third kappa shape index (κ3) is 2.16. The Hall–Kier alpha value is -3.66. The van der Waals surface area contributed by atoms with Gasteiger partial charge in [-0.25, -0.2) is 9.78 Å². The van der Waals surface area contributed by atoms with E-state index in [1.165, 1.54) is 0 Å². The molecule has 4 rings (SSSR count). The van der Waals surface area contributed by atoms with Crippen LogP contribution in [0, 0.1) is 18.3 Å². The van der Waals surface area contributed by atoms with E-state index < -0.39 is 5.97 Å². The fourth-order valence-corrected chi connectivity index (χ4v) is 3.63. The van der Waals surface area contributed by atoms with Crippen molar-refractivity contribution in [3.63, 3.8) is 0 Å². The van der Waals surface area contributed by atoms with Gasteiger partial charge in [-0.3, -0.25) is 5.10 Å². The van der Waals surface area contributed by atoms with E-state index in [1.54, 1.807) is 18.3 Å². The van der Waals surface area contributed by atoms with Crippen LogP contribution in [0.2, 0.25) is 0 Å². The number of pyridine rings is 1. The second-order valence-corrected chi connectivity index (χ2v) is 6.25. The molecule has 3 aromatic rings. The van der Waals surface area contributed by atoms with E-state index in [0.29, 0.717) is 29.7 Å². The minimum absolute atomic E-state index is 0.0925. The summed E-state index contributed by atoms with van der Waals surface area (Å²) in [5.74, 6) is -0.952. The predicted octanol–water partition coefficient (Wildman–Crippen LogP) is 2.70. The average Bonchev–Trinajstić information content (AvgIpc) is 3.09. The molecule has 0 aliphatic heterocycles. The molecule has 1 aliphatic rings. The lowest BCUT2D eigenvalue weighted by Gasteiger charge is -2.22. The third-order valence-electron chi connectivity index (χ3n) is 4.79. The van der Waals surface area contributed by atoms with Crippen LogP contribution in [0.4, 0.5) is 5.82 Å². The average molecular weight is 345 g/mol. The maximum atomic E-state index is 11.8. The summed E-state index contributed by atoms with van der Waals surface area (Å²) in [5, 5.41) is 26.4. The molecule has 0 amide bonds. The molecule has 128 valence electrons. The lowest BCUT2D eigenvalue weighted by molar-refractivity contribution is 0.0697. The number of nitriles is 1. The Morgan fingerprint density at radius 1 is 1.35 bits per heavy atom. The molecule has 1 aliphatic carbocycles. The molecule has 0 atom stereocenters. The molecule has 26 heavy (non-hydrogen) atoms. The second-order valence-electron chi connectivity index (χ2n) is 6.25.